The average Bonchev–Trinajstić information content (AvgIpc) is 2.36. The fourth-order valence-corrected chi connectivity index (χ4v) is 2.00. The smallest absolute Gasteiger partial charge is 0.163 e. The van der Waals surface area contributed by atoms with E-state index in [0.717, 1.165) is 11.1 Å². The predicted octanol–water partition coefficient (Wildman–Crippen LogP) is 4.09. The maximum absolute atomic E-state index is 11.6. The van der Waals surface area contributed by atoms with E-state index in [9.17, 15) is 4.79 Å². The Bertz CT molecular complexity index is 600. The molecule has 2 aromatic carbocycles. The third-order valence-electron chi connectivity index (χ3n) is 2.99. The molecule has 0 unspecified atom stereocenters. The van der Waals surface area contributed by atoms with Crippen molar-refractivity contribution in [2.75, 3.05) is 0 Å². The Morgan fingerprint density at radius 3 is 2.47 bits per heavy atom. The SMILES string of the molecule is CC(=O)c1ccc(C)cc1OCc1cccc(C)c1. The van der Waals surface area contributed by atoms with Gasteiger partial charge in [0.2, 0.25) is 0 Å². The molecule has 98 valence electrons. The summed E-state index contributed by atoms with van der Waals surface area (Å²) in [5.74, 6) is 0.688. The Hall–Kier alpha value is -2.09. The number of ketones is 1. The second-order valence-electron chi connectivity index (χ2n) is 4.83. The van der Waals surface area contributed by atoms with Crippen molar-refractivity contribution < 1.29 is 9.53 Å². The van der Waals surface area contributed by atoms with Gasteiger partial charge in [-0.1, -0.05) is 35.9 Å². The highest BCUT2D eigenvalue weighted by atomic mass is 16.5. The molecule has 0 aromatic heterocycles. The van der Waals surface area contributed by atoms with Crippen molar-refractivity contribution in [1.29, 1.82) is 0 Å². The molecule has 0 aliphatic carbocycles. The second-order valence-corrected chi connectivity index (χ2v) is 4.83. The zero-order valence-corrected chi connectivity index (χ0v) is 11.6. The van der Waals surface area contributed by atoms with Crippen molar-refractivity contribution >= 4 is 5.78 Å². The Kier molecular flexibility index (Phi) is 4.00. The van der Waals surface area contributed by atoms with Crippen molar-refractivity contribution in [3.8, 4) is 5.75 Å². The van der Waals surface area contributed by atoms with Gasteiger partial charge in [-0.05, 0) is 44.0 Å². The van der Waals surface area contributed by atoms with Gasteiger partial charge in [0.15, 0.2) is 5.78 Å². The molecule has 0 radical (unpaired) electrons. The quantitative estimate of drug-likeness (QED) is 0.768. The molecule has 0 N–H and O–H groups in total. The predicted molar refractivity (Wildman–Crippen MR) is 76.7 cm³/mol. The molecule has 0 amide bonds. The third-order valence-corrected chi connectivity index (χ3v) is 2.99. The number of Topliss-reactive ketones (excluding diaryl/α,β-unsaturated/α-hetero) is 1. The summed E-state index contributed by atoms with van der Waals surface area (Å²) >= 11 is 0. The Balaban J connectivity index is 2.19. The number of hydrogen-bond acceptors (Lipinski definition) is 2. The lowest BCUT2D eigenvalue weighted by atomic mass is 10.1. The number of aryl methyl sites for hydroxylation is 2. The van der Waals surface area contributed by atoms with E-state index < -0.39 is 0 Å². The molecule has 0 aliphatic heterocycles. The highest BCUT2D eigenvalue weighted by Gasteiger charge is 2.08. The molecule has 0 aliphatic rings. The lowest BCUT2D eigenvalue weighted by Gasteiger charge is -2.11. The minimum Gasteiger partial charge on any atom is -0.488 e. The summed E-state index contributed by atoms with van der Waals surface area (Å²) in [7, 11) is 0. The Morgan fingerprint density at radius 2 is 1.79 bits per heavy atom. The van der Waals surface area contributed by atoms with E-state index in [1.54, 1.807) is 6.92 Å². The summed E-state index contributed by atoms with van der Waals surface area (Å²) in [4.78, 5) is 11.6. The lowest BCUT2D eigenvalue weighted by Crippen LogP contribution is -2.02. The van der Waals surface area contributed by atoms with Crippen LogP contribution in [-0.2, 0) is 6.61 Å². The number of benzene rings is 2. The van der Waals surface area contributed by atoms with Crippen molar-refractivity contribution in [1.82, 2.24) is 0 Å². The molecule has 2 nitrogen and oxygen atoms in total. The summed E-state index contributed by atoms with van der Waals surface area (Å²) < 4.78 is 5.80. The maximum Gasteiger partial charge on any atom is 0.163 e. The van der Waals surface area contributed by atoms with Gasteiger partial charge in [-0.2, -0.15) is 0 Å². The van der Waals surface area contributed by atoms with Crippen LogP contribution < -0.4 is 4.74 Å². The van der Waals surface area contributed by atoms with E-state index in [-0.39, 0.29) is 5.78 Å². The van der Waals surface area contributed by atoms with Gasteiger partial charge in [0, 0.05) is 0 Å². The van der Waals surface area contributed by atoms with Crippen molar-refractivity contribution in [3.05, 3.63) is 64.7 Å². The number of rotatable bonds is 4. The monoisotopic (exact) mass is 254 g/mol. The van der Waals surface area contributed by atoms with Crippen molar-refractivity contribution in [2.45, 2.75) is 27.4 Å². The molecule has 0 saturated heterocycles. The average molecular weight is 254 g/mol. The topological polar surface area (TPSA) is 26.3 Å². The lowest BCUT2D eigenvalue weighted by molar-refractivity contribution is 0.101. The minimum absolute atomic E-state index is 0.0271. The maximum atomic E-state index is 11.6. The van der Waals surface area contributed by atoms with Crippen LogP contribution in [0.3, 0.4) is 0 Å². The standard InChI is InChI=1S/C17H18O2/c1-12-5-4-6-15(9-12)11-19-17-10-13(2)7-8-16(17)14(3)18/h4-10H,11H2,1-3H3. The molecular formula is C17H18O2. The minimum atomic E-state index is 0.0271. The molecule has 0 atom stereocenters. The van der Waals surface area contributed by atoms with Crippen LogP contribution in [0, 0.1) is 13.8 Å². The molecule has 2 aromatic rings. The van der Waals surface area contributed by atoms with Gasteiger partial charge in [-0.15, -0.1) is 0 Å². The largest absolute Gasteiger partial charge is 0.488 e. The summed E-state index contributed by atoms with van der Waals surface area (Å²) in [6, 6.07) is 13.8. The van der Waals surface area contributed by atoms with Gasteiger partial charge in [0.25, 0.3) is 0 Å². The highest BCUT2D eigenvalue weighted by molar-refractivity contribution is 5.96. The van der Waals surface area contributed by atoms with E-state index >= 15 is 0 Å². The highest BCUT2D eigenvalue weighted by Crippen LogP contribution is 2.22. The van der Waals surface area contributed by atoms with E-state index in [2.05, 4.69) is 19.1 Å². The second kappa shape index (κ2) is 5.70. The van der Waals surface area contributed by atoms with Gasteiger partial charge in [0.1, 0.15) is 12.4 Å². The first kappa shape index (κ1) is 13.3. The van der Waals surface area contributed by atoms with Crippen LogP contribution in [0.4, 0.5) is 0 Å². The molecule has 0 fully saturated rings. The van der Waals surface area contributed by atoms with Gasteiger partial charge in [0.05, 0.1) is 5.56 Å². The van der Waals surface area contributed by atoms with Crippen molar-refractivity contribution in [2.24, 2.45) is 0 Å². The summed E-state index contributed by atoms with van der Waals surface area (Å²) in [5, 5.41) is 0. The Morgan fingerprint density at radius 1 is 1.05 bits per heavy atom. The molecule has 19 heavy (non-hydrogen) atoms. The van der Waals surface area contributed by atoms with Crippen LogP contribution in [-0.4, -0.2) is 5.78 Å². The van der Waals surface area contributed by atoms with E-state index in [4.69, 9.17) is 4.74 Å². The fourth-order valence-electron chi connectivity index (χ4n) is 2.00. The van der Waals surface area contributed by atoms with Gasteiger partial charge in [-0.25, -0.2) is 0 Å². The van der Waals surface area contributed by atoms with Gasteiger partial charge < -0.3 is 4.74 Å². The Labute approximate surface area is 114 Å². The normalized spacial score (nSPS) is 10.3. The molecule has 0 bridgehead atoms. The number of carbonyl (C=O) groups is 1. The molecule has 0 spiro atoms. The van der Waals surface area contributed by atoms with E-state index in [1.165, 1.54) is 5.56 Å². The number of ether oxygens (including phenoxy) is 1. The van der Waals surface area contributed by atoms with Crippen LogP contribution in [0.1, 0.15) is 34.0 Å². The van der Waals surface area contributed by atoms with Crippen molar-refractivity contribution in [3.63, 3.8) is 0 Å². The molecule has 0 saturated carbocycles. The first-order chi connectivity index (χ1) is 9.06. The summed E-state index contributed by atoms with van der Waals surface area (Å²) in [6.45, 7) is 6.08. The van der Waals surface area contributed by atoms with Crippen LogP contribution in [0.25, 0.3) is 0 Å². The number of carbonyl (C=O) groups excluding carboxylic acids is 1. The zero-order chi connectivity index (χ0) is 13.8. The summed E-state index contributed by atoms with van der Waals surface area (Å²) in [6.07, 6.45) is 0. The molecule has 2 rings (SSSR count). The molecule has 2 heteroatoms. The van der Waals surface area contributed by atoms with E-state index in [0.29, 0.717) is 17.9 Å². The fraction of sp³-hybridized carbons (Fsp3) is 0.235. The number of hydrogen-bond donors (Lipinski definition) is 0. The van der Waals surface area contributed by atoms with Crippen LogP contribution in [0.2, 0.25) is 0 Å². The first-order valence-corrected chi connectivity index (χ1v) is 6.36. The summed E-state index contributed by atoms with van der Waals surface area (Å²) in [5.41, 5.74) is 4.04. The molecular weight excluding hydrogens is 236 g/mol. The van der Waals surface area contributed by atoms with Crippen LogP contribution >= 0.6 is 0 Å². The third kappa shape index (κ3) is 3.44. The van der Waals surface area contributed by atoms with Crippen LogP contribution in [0.5, 0.6) is 5.75 Å². The molecule has 0 heterocycles. The van der Waals surface area contributed by atoms with Gasteiger partial charge >= 0.3 is 0 Å². The van der Waals surface area contributed by atoms with Gasteiger partial charge in [-0.3, -0.25) is 4.79 Å². The first-order valence-electron chi connectivity index (χ1n) is 6.36. The van der Waals surface area contributed by atoms with E-state index in [1.807, 2.05) is 37.3 Å². The van der Waals surface area contributed by atoms with Crippen LogP contribution in [0.15, 0.2) is 42.5 Å². The zero-order valence-electron chi connectivity index (χ0n) is 11.6.